The van der Waals surface area contributed by atoms with E-state index in [-0.39, 0.29) is 16.8 Å². The molecule has 1 aromatic carbocycles. The number of aromatic carboxylic acids is 1. The molecular weight excluding hydrogens is 316 g/mol. The van der Waals surface area contributed by atoms with E-state index < -0.39 is 5.97 Å². The number of amides is 1. The summed E-state index contributed by atoms with van der Waals surface area (Å²) in [5.74, 6) is -1.07. The average molecular weight is 332 g/mol. The SMILES string of the molecule is CCC(=O)NC(=S)Nc1cc(C)ccc1-c1ccc(C(=O)O)o1. The van der Waals surface area contributed by atoms with Crippen LogP contribution in [0.25, 0.3) is 11.3 Å². The Kier molecular flexibility index (Phi) is 5.13. The van der Waals surface area contributed by atoms with Crippen LogP contribution in [0.1, 0.15) is 29.5 Å². The molecule has 0 aliphatic rings. The van der Waals surface area contributed by atoms with Crippen molar-refractivity contribution in [2.45, 2.75) is 20.3 Å². The first-order valence-corrected chi connectivity index (χ1v) is 7.36. The molecule has 0 spiro atoms. The van der Waals surface area contributed by atoms with Crippen LogP contribution in [0.15, 0.2) is 34.7 Å². The van der Waals surface area contributed by atoms with E-state index in [1.54, 1.807) is 19.1 Å². The van der Waals surface area contributed by atoms with Crippen molar-refractivity contribution in [2.75, 3.05) is 5.32 Å². The van der Waals surface area contributed by atoms with Crippen molar-refractivity contribution >= 4 is 34.9 Å². The quantitative estimate of drug-likeness (QED) is 0.745. The van der Waals surface area contributed by atoms with Crippen molar-refractivity contribution in [3.63, 3.8) is 0 Å². The summed E-state index contributed by atoms with van der Waals surface area (Å²) in [5, 5.41) is 14.6. The molecule has 0 saturated heterocycles. The van der Waals surface area contributed by atoms with Crippen molar-refractivity contribution < 1.29 is 19.1 Å². The van der Waals surface area contributed by atoms with Crippen LogP contribution in [0.4, 0.5) is 5.69 Å². The summed E-state index contributed by atoms with van der Waals surface area (Å²) in [6.45, 7) is 3.64. The number of aryl methyl sites for hydroxylation is 1. The van der Waals surface area contributed by atoms with Crippen LogP contribution in [0.5, 0.6) is 0 Å². The first-order valence-electron chi connectivity index (χ1n) is 6.95. The van der Waals surface area contributed by atoms with Gasteiger partial charge < -0.3 is 20.2 Å². The van der Waals surface area contributed by atoms with Crippen LogP contribution in [-0.2, 0) is 4.79 Å². The highest BCUT2D eigenvalue weighted by Crippen LogP contribution is 2.30. The summed E-state index contributed by atoms with van der Waals surface area (Å²) in [6.07, 6.45) is 0.322. The number of carbonyl (C=O) groups excluding carboxylic acids is 1. The van der Waals surface area contributed by atoms with Crippen LogP contribution in [0.3, 0.4) is 0 Å². The van der Waals surface area contributed by atoms with E-state index in [1.165, 1.54) is 6.07 Å². The molecule has 1 aromatic heterocycles. The van der Waals surface area contributed by atoms with E-state index in [0.717, 1.165) is 5.56 Å². The zero-order valence-electron chi connectivity index (χ0n) is 12.7. The topological polar surface area (TPSA) is 91.6 Å². The number of carboxylic acids is 1. The molecule has 0 atom stereocenters. The van der Waals surface area contributed by atoms with Gasteiger partial charge in [-0.3, -0.25) is 4.79 Å². The Hall–Kier alpha value is -2.67. The third-order valence-corrected chi connectivity index (χ3v) is 3.28. The summed E-state index contributed by atoms with van der Waals surface area (Å²) >= 11 is 5.11. The second-order valence-corrected chi connectivity index (χ2v) is 5.28. The van der Waals surface area contributed by atoms with Gasteiger partial charge in [0.1, 0.15) is 5.76 Å². The third-order valence-electron chi connectivity index (χ3n) is 3.08. The van der Waals surface area contributed by atoms with Crippen LogP contribution in [0.2, 0.25) is 0 Å². The Bertz CT molecular complexity index is 767. The number of thiocarbonyl (C=S) groups is 1. The Labute approximate surface area is 138 Å². The highest BCUT2D eigenvalue weighted by molar-refractivity contribution is 7.80. The molecule has 0 unspecified atom stereocenters. The fourth-order valence-corrected chi connectivity index (χ4v) is 2.17. The number of nitrogens with one attached hydrogen (secondary N) is 2. The molecule has 0 aliphatic carbocycles. The van der Waals surface area contributed by atoms with Gasteiger partial charge in [0.05, 0.1) is 5.69 Å². The maximum absolute atomic E-state index is 11.4. The molecule has 23 heavy (non-hydrogen) atoms. The maximum Gasteiger partial charge on any atom is 0.371 e. The number of anilines is 1. The molecule has 3 N–H and O–H groups in total. The number of benzene rings is 1. The Balaban J connectivity index is 2.31. The molecule has 2 rings (SSSR count). The lowest BCUT2D eigenvalue weighted by Crippen LogP contribution is -2.33. The van der Waals surface area contributed by atoms with Crippen molar-refractivity contribution in [3.8, 4) is 11.3 Å². The number of hydrogen-bond acceptors (Lipinski definition) is 4. The van der Waals surface area contributed by atoms with E-state index in [4.69, 9.17) is 21.7 Å². The fourth-order valence-electron chi connectivity index (χ4n) is 1.94. The van der Waals surface area contributed by atoms with Gasteiger partial charge in [-0.25, -0.2) is 4.79 Å². The summed E-state index contributed by atoms with van der Waals surface area (Å²) < 4.78 is 5.33. The minimum Gasteiger partial charge on any atom is -0.475 e. The summed E-state index contributed by atoms with van der Waals surface area (Å²) in [6, 6.07) is 8.47. The third kappa shape index (κ3) is 4.17. The molecule has 0 fully saturated rings. The van der Waals surface area contributed by atoms with Gasteiger partial charge in [-0.15, -0.1) is 0 Å². The van der Waals surface area contributed by atoms with Gasteiger partial charge in [0, 0.05) is 12.0 Å². The molecule has 7 heteroatoms. The normalized spacial score (nSPS) is 10.2. The lowest BCUT2D eigenvalue weighted by atomic mass is 10.1. The van der Waals surface area contributed by atoms with Gasteiger partial charge in [0.25, 0.3) is 0 Å². The monoisotopic (exact) mass is 332 g/mol. The van der Waals surface area contributed by atoms with E-state index in [2.05, 4.69) is 10.6 Å². The number of rotatable bonds is 4. The molecule has 120 valence electrons. The highest BCUT2D eigenvalue weighted by atomic mass is 32.1. The molecule has 0 radical (unpaired) electrons. The minimum absolute atomic E-state index is 0.145. The lowest BCUT2D eigenvalue weighted by molar-refractivity contribution is -0.119. The number of carbonyl (C=O) groups is 2. The second-order valence-electron chi connectivity index (χ2n) is 4.87. The molecule has 2 aromatic rings. The van der Waals surface area contributed by atoms with Crippen LogP contribution >= 0.6 is 12.2 Å². The molecule has 0 saturated carbocycles. The van der Waals surface area contributed by atoms with Crippen LogP contribution < -0.4 is 10.6 Å². The van der Waals surface area contributed by atoms with Crippen molar-refractivity contribution in [1.29, 1.82) is 0 Å². The molecule has 1 amide bonds. The minimum atomic E-state index is -1.14. The van der Waals surface area contributed by atoms with Gasteiger partial charge >= 0.3 is 5.97 Å². The fraction of sp³-hybridized carbons (Fsp3) is 0.188. The zero-order chi connectivity index (χ0) is 17.0. The maximum atomic E-state index is 11.4. The average Bonchev–Trinajstić information content (AvgIpc) is 2.97. The molecule has 0 bridgehead atoms. The van der Waals surface area contributed by atoms with Gasteiger partial charge in [0.2, 0.25) is 11.7 Å². The van der Waals surface area contributed by atoms with Gasteiger partial charge in [-0.2, -0.15) is 0 Å². The van der Waals surface area contributed by atoms with E-state index in [0.29, 0.717) is 23.4 Å². The molecular formula is C16H16N2O4S. The van der Waals surface area contributed by atoms with Crippen LogP contribution in [0, 0.1) is 6.92 Å². The predicted octanol–water partition coefficient (Wildman–Crippen LogP) is 3.18. The molecule has 0 aliphatic heterocycles. The van der Waals surface area contributed by atoms with Crippen molar-refractivity contribution in [1.82, 2.24) is 5.32 Å². The first-order chi connectivity index (χ1) is 10.9. The molecule has 6 nitrogen and oxygen atoms in total. The number of furan rings is 1. The lowest BCUT2D eigenvalue weighted by Gasteiger charge is -2.13. The van der Waals surface area contributed by atoms with Crippen LogP contribution in [-0.4, -0.2) is 22.1 Å². The van der Waals surface area contributed by atoms with Crippen molar-refractivity contribution in [2.24, 2.45) is 0 Å². The summed E-state index contributed by atoms with van der Waals surface area (Å²) in [4.78, 5) is 22.3. The highest BCUT2D eigenvalue weighted by Gasteiger charge is 2.14. The van der Waals surface area contributed by atoms with Gasteiger partial charge in [-0.05, 0) is 49.0 Å². The van der Waals surface area contributed by atoms with Crippen molar-refractivity contribution in [3.05, 3.63) is 41.7 Å². The first kappa shape index (κ1) is 16.7. The summed E-state index contributed by atoms with van der Waals surface area (Å²) in [7, 11) is 0. The van der Waals surface area contributed by atoms with E-state index >= 15 is 0 Å². The predicted molar refractivity (Wildman–Crippen MR) is 90.5 cm³/mol. The second kappa shape index (κ2) is 7.06. The Morgan fingerprint density at radius 1 is 1.26 bits per heavy atom. The van der Waals surface area contributed by atoms with E-state index in [1.807, 2.05) is 19.1 Å². The smallest absolute Gasteiger partial charge is 0.371 e. The Morgan fingerprint density at radius 3 is 2.61 bits per heavy atom. The number of carboxylic acid groups (broad SMARTS) is 1. The van der Waals surface area contributed by atoms with E-state index in [9.17, 15) is 9.59 Å². The number of hydrogen-bond donors (Lipinski definition) is 3. The largest absolute Gasteiger partial charge is 0.475 e. The van der Waals surface area contributed by atoms with Gasteiger partial charge in [0.15, 0.2) is 5.11 Å². The zero-order valence-corrected chi connectivity index (χ0v) is 13.5. The Morgan fingerprint density at radius 2 is 2.00 bits per heavy atom. The standard InChI is InChI=1S/C16H16N2O4S/c1-3-14(19)18-16(23)17-11-8-9(2)4-5-10(11)12-6-7-13(22-12)15(20)21/h4-8H,3H2,1-2H3,(H,20,21)(H2,17,18,19,23). The summed E-state index contributed by atoms with van der Waals surface area (Å²) in [5.41, 5.74) is 2.25. The van der Waals surface area contributed by atoms with Gasteiger partial charge in [-0.1, -0.05) is 13.0 Å². The molecule has 1 heterocycles.